The Balaban J connectivity index is 2.28. The van der Waals surface area contributed by atoms with E-state index in [0.29, 0.717) is 15.1 Å². The highest BCUT2D eigenvalue weighted by Gasteiger charge is 2.13. The van der Waals surface area contributed by atoms with E-state index in [9.17, 15) is 9.18 Å². The zero-order valence-corrected chi connectivity index (χ0v) is 13.3. The molecule has 2 nitrogen and oxygen atoms in total. The summed E-state index contributed by atoms with van der Waals surface area (Å²) >= 11 is 12.3. The van der Waals surface area contributed by atoms with Gasteiger partial charge >= 0.3 is 0 Å². The molecule has 2 aromatic carbocycles. The first-order chi connectivity index (χ1) is 8.97. The minimum absolute atomic E-state index is 0.0484. The smallest absolute Gasteiger partial charge is 0.256 e. The number of rotatable bonds is 2. The van der Waals surface area contributed by atoms with Crippen molar-refractivity contribution >= 4 is 55.1 Å². The summed E-state index contributed by atoms with van der Waals surface area (Å²) in [7, 11) is 0. The van der Waals surface area contributed by atoms with Crippen molar-refractivity contribution in [1.82, 2.24) is 0 Å². The fraction of sp³-hybridized carbons (Fsp3) is 0. The molecule has 0 saturated carbocycles. The molecule has 19 heavy (non-hydrogen) atoms. The zero-order valence-electron chi connectivity index (χ0n) is 9.38. The molecule has 98 valence electrons. The van der Waals surface area contributed by atoms with Gasteiger partial charge in [0.05, 0.1) is 11.3 Å². The molecule has 2 aromatic rings. The van der Waals surface area contributed by atoms with Gasteiger partial charge in [0.15, 0.2) is 0 Å². The maximum atomic E-state index is 13.5. The van der Waals surface area contributed by atoms with Crippen LogP contribution in [0.1, 0.15) is 10.4 Å². The lowest BCUT2D eigenvalue weighted by atomic mass is 10.2. The van der Waals surface area contributed by atoms with E-state index in [1.165, 1.54) is 18.2 Å². The van der Waals surface area contributed by atoms with E-state index < -0.39 is 11.7 Å². The molecule has 0 aliphatic heterocycles. The first-order valence-corrected chi connectivity index (χ1v) is 7.15. The van der Waals surface area contributed by atoms with Gasteiger partial charge in [0, 0.05) is 14.0 Å². The summed E-state index contributed by atoms with van der Waals surface area (Å²) in [6.07, 6.45) is 0. The molecule has 0 spiro atoms. The number of carbonyl (C=O) groups excluding carboxylic acids is 1. The van der Waals surface area contributed by atoms with Crippen LogP contribution in [0.5, 0.6) is 0 Å². The van der Waals surface area contributed by atoms with Gasteiger partial charge in [0.1, 0.15) is 5.82 Å². The molecule has 0 bridgehead atoms. The molecule has 1 N–H and O–H groups in total. The fourth-order valence-electron chi connectivity index (χ4n) is 1.46. The second-order valence-corrected chi connectivity index (χ2v) is 5.91. The number of benzene rings is 2. The average Bonchev–Trinajstić information content (AvgIpc) is 2.33. The highest BCUT2D eigenvalue weighted by atomic mass is 79.9. The van der Waals surface area contributed by atoms with Crippen molar-refractivity contribution in [3.63, 3.8) is 0 Å². The highest BCUT2D eigenvalue weighted by molar-refractivity contribution is 9.11. The third-order valence-corrected chi connectivity index (χ3v) is 3.74. The molecule has 1 amide bonds. The average molecular weight is 407 g/mol. The second kappa shape index (κ2) is 6.03. The quantitative estimate of drug-likeness (QED) is 0.723. The fourth-order valence-corrected chi connectivity index (χ4v) is 2.86. The molecule has 0 unspecified atom stereocenters. The van der Waals surface area contributed by atoms with E-state index >= 15 is 0 Å². The third-order valence-electron chi connectivity index (χ3n) is 2.35. The van der Waals surface area contributed by atoms with E-state index in [0.717, 1.165) is 4.47 Å². The van der Waals surface area contributed by atoms with Gasteiger partial charge in [-0.1, -0.05) is 27.5 Å². The Labute approximate surface area is 131 Å². The number of halogens is 4. The van der Waals surface area contributed by atoms with Gasteiger partial charge in [0.25, 0.3) is 5.91 Å². The van der Waals surface area contributed by atoms with Crippen molar-refractivity contribution < 1.29 is 9.18 Å². The Morgan fingerprint density at radius 2 is 1.89 bits per heavy atom. The van der Waals surface area contributed by atoms with Crippen LogP contribution in [0.15, 0.2) is 45.3 Å². The predicted molar refractivity (Wildman–Crippen MR) is 81.2 cm³/mol. The number of hydrogen-bond acceptors (Lipinski definition) is 1. The van der Waals surface area contributed by atoms with Gasteiger partial charge < -0.3 is 5.32 Å². The molecule has 0 aliphatic rings. The van der Waals surface area contributed by atoms with Crippen molar-refractivity contribution in [3.8, 4) is 0 Å². The molecule has 0 fully saturated rings. The van der Waals surface area contributed by atoms with E-state index in [-0.39, 0.29) is 5.69 Å². The normalized spacial score (nSPS) is 10.3. The van der Waals surface area contributed by atoms with Gasteiger partial charge in [0.2, 0.25) is 0 Å². The predicted octanol–water partition coefficient (Wildman–Crippen LogP) is 5.26. The Kier molecular flexibility index (Phi) is 4.60. The number of amides is 1. The van der Waals surface area contributed by atoms with E-state index in [1.54, 1.807) is 18.2 Å². The molecule has 0 atom stereocenters. The summed E-state index contributed by atoms with van der Waals surface area (Å²) in [5.74, 6) is -0.952. The van der Waals surface area contributed by atoms with E-state index in [2.05, 4.69) is 37.2 Å². The van der Waals surface area contributed by atoms with Crippen LogP contribution in [0, 0.1) is 5.82 Å². The Bertz CT molecular complexity index is 649. The van der Waals surface area contributed by atoms with Gasteiger partial charge in [-0.2, -0.15) is 0 Å². The second-order valence-electron chi connectivity index (χ2n) is 3.70. The Morgan fingerprint density at radius 1 is 1.16 bits per heavy atom. The Morgan fingerprint density at radius 3 is 2.58 bits per heavy atom. The monoisotopic (exact) mass is 405 g/mol. The number of carbonyl (C=O) groups is 1. The molecule has 6 heteroatoms. The third kappa shape index (κ3) is 3.55. The van der Waals surface area contributed by atoms with Gasteiger partial charge in [-0.3, -0.25) is 4.79 Å². The van der Waals surface area contributed by atoms with Gasteiger partial charge in [-0.05, 0) is 52.3 Å². The molecule has 0 aliphatic carbocycles. The van der Waals surface area contributed by atoms with Gasteiger partial charge in [-0.15, -0.1) is 0 Å². The van der Waals surface area contributed by atoms with Crippen LogP contribution in [0.2, 0.25) is 5.02 Å². The molecular formula is C13H7Br2ClFNO. The summed E-state index contributed by atoms with van der Waals surface area (Å²) in [4.78, 5) is 12.0. The molecule has 0 saturated heterocycles. The first-order valence-electron chi connectivity index (χ1n) is 5.19. The van der Waals surface area contributed by atoms with Crippen LogP contribution in [-0.2, 0) is 0 Å². The molecule has 2 rings (SSSR count). The van der Waals surface area contributed by atoms with Crippen molar-refractivity contribution in [2.45, 2.75) is 0 Å². The lowest BCUT2D eigenvalue weighted by Gasteiger charge is -2.08. The molecule has 0 radical (unpaired) electrons. The maximum Gasteiger partial charge on any atom is 0.256 e. The molecule has 0 aromatic heterocycles. The lowest BCUT2D eigenvalue weighted by Crippen LogP contribution is -2.13. The SMILES string of the molecule is O=C(Nc1cc(Cl)ccc1F)c1ccc(Br)cc1Br. The number of anilines is 1. The zero-order chi connectivity index (χ0) is 14.0. The molecular weight excluding hydrogens is 400 g/mol. The minimum atomic E-state index is -0.536. The van der Waals surface area contributed by atoms with Crippen LogP contribution in [0.4, 0.5) is 10.1 Å². The van der Waals surface area contributed by atoms with Crippen LogP contribution < -0.4 is 5.32 Å². The maximum absolute atomic E-state index is 13.5. The number of hydrogen-bond donors (Lipinski definition) is 1. The van der Waals surface area contributed by atoms with E-state index in [1.807, 2.05) is 0 Å². The van der Waals surface area contributed by atoms with Crippen molar-refractivity contribution in [2.75, 3.05) is 5.32 Å². The van der Waals surface area contributed by atoms with E-state index in [4.69, 9.17) is 11.6 Å². The van der Waals surface area contributed by atoms with Crippen molar-refractivity contribution in [3.05, 3.63) is 61.7 Å². The molecule has 0 heterocycles. The van der Waals surface area contributed by atoms with Crippen LogP contribution >= 0.6 is 43.5 Å². The largest absolute Gasteiger partial charge is 0.319 e. The summed E-state index contributed by atoms with van der Waals surface area (Å²) in [6, 6.07) is 9.08. The summed E-state index contributed by atoms with van der Waals surface area (Å²) in [5.41, 5.74) is 0.454. The Hall–Kier alpha value is -0.910. The first kappa shape index (κ1) is 14.5. The van der Waals surface area contributed by atoms with Crippen LogP contribution in [0.3, 0.4) is 0 Å². The van der Waals surface area contributed by atoms with Gasteiger partial charge in [-0.25, -0.2) is 4.39 Å². The van der Waals surface area contributed by atoms with Crippen LogP contribution in [-0.4, -0.2) is 5.91 Å². The highest BCUT2D eigenvalue weighted by Crippen LogP contribution is 2.24. The lowest BCUT2D eigenvalue weighted by molar-refractivity contribution is 0.102. The summed E-state index contributed by atoms with van der Waals surface area (Å²) in [6.45, 7) is 0. The van der Waals surface area contributed by atoms with Crippen molar-refractivity contribution in [2.24, 2.45) is 0 Å². The van der Waals surface area contributed by atoms with Crippen LogP contribution in [0.25, 0.3) is 0 Å². The minimum Gasteiger partial charge on any atom is -0.319 e. The van der Waals surface area contributed by atoms with Crippen molar-refractivity contribution in [1.29, 1.82) is 0 Å². The summed E-state index contributed by atoms with van der Waals surface area (Å²) in [5, 5.41) is 2.84. The topological polar surface area (TPSA) is 29.1 Å². The standard InChI is InChI=1S/C13H7Br2ClFNO/c14-7-1-3-9(10(15)5-7)13(19)18-12-6-8(16)2-4-11(12)17/h1-6H,(H,18,19). The number of nitrogens with one attached hydrogen (secondary N) is 1. The summed E-state index contributed by atoms with van der Waals surface area (Å²) < 4.78 is 15.0.